The summed E-state index contributed by atoms with van der Waals surface area (Å²) in [7, 11) is 0. The van der Waals surface area contributed by atoms with Gasteiger partial charge in [-0.15, -0.1) is 0 Å². The monoisotopic (exact) mass is 332 g/mol. The van der Waals surface area contributed by atoms with E-state index >= 15 is 0 Å². The Kier molecular flexibility index (Phi) is 7.06. The van der Waals surface area contributed by atoms with Gasteiger partial charge in [-0.2, -0.15) is 13.2 Å². The molecule has 1 aromatic rings. The van der Waals surface area contributed by atoms with E-state index in [4.69, 9.17) is 9.47 Å². The molecule has 0 bridgehead atoms. The smallest absolute Gasteiger partial charge is 0.416 e. The van der Waals surface area contributed by atoms with Crippen LogP contribution in [0, 0.1) is 5.92 Å². The van der Waals surface area contributed by atoms with Crippen molar-refractivity contribution >= 4 is 11.9 Å². The van der Waals surface area contributed by atoms with Crippen molar-refractivity contribution in [3.05, 3.63) is 35.4 Å². The Morgan fingerprint density at radius 1 is 1.00 bits per heavy atom. The quantitative estimate of drug-likeness (QED) is 0.714. The van der Waals surface area contributed by atoms with Gasteiger partial charge in [-0.1, -0.05) is 26.0 Å². The standard InChI is InChI=1S/C16H19F3O4/c1-11(2)9-22-14(20)7-8-15(21)23-10-12-3-5-13(6-4-12)16(17,18)19/h3-6,11H,7-10H2,1-2H3. The maximum Gasteiger partial charge on any atom is 0.416 e. The van der Waals surface area contributed by atoms with Gasteiger partial charge in [-0.3, -0.25) is 9.59 Å². The van der Waals surface area contributed by atoms with E-state index in [9.17, 15) is 22.8 Å². The Hall–Kier alpha value is -2.05. The van der Waals surface area contributed by atoms with E-state index in [2.05, 4.69) is 0 Å². The summed E-state index contributed by atoms with van der Waals surface area (Å²) in [6, 6.07) is 4.33. The minimum absolute atomic E-state index is 0.0848. The van der Waals surface area contributed by atoms with Crippen LogP contribution in [-0.2, 0) is 31.8 Å². The second kappa shape index (κ2) is 8.55. The van der Waals surface area contributed by atoms with E-state index in [-0.39, 0.29) is 25.4 Å². The van der Waals surface area contributed by atoms with E-state index in [1.807, 2.05) is 13.8 Å². The lowest BCUT2D eigenvalue weighted by molar-refractivity contribution is -0.151. The molecule has 0 aliphatic rings. The Morgan fingerprint density at radius 2 is 1.52 bits per heavy atom. The molecule has 4 nitrogen and oxygen atoms in total. The molecular weight excluding hydrogens is 313 g/mol. The third kappa shape index (κ3) is 7.67. The van der Waals surface area contributed by atoms with Crippen LogP contribution in [-0.4, -0.2) is 18.5 Å². The molecule has 0 saturated heterocycles. The molecular formula is C16H19F3O4. The van der Waals surface area contributed by atoms with Crippen LogP contribution in [0.15, 0.2) is 24.3 Å². The van der Waals surface area contributed by atoms with Crippen LogP contribution >= 0.6 is 0 Å². The highest BCUT2D eigenvalue weighted by atomic mass is 19.4. The highest BCUT2D eigenvalue weighted by Gasteiger charge is 2.29. The highest BCUT2D eigenvalue weighted by molar-refractivity contribution is 5.77. The zero-order chi connectivity index (χ0) is 17.5. The van der Waals surface area contributed by atoms with Crippen molar-refractivity contribution < 1.29 is 32.2 Å². The molecule has 0 aromatic heterocycles. The minimum atomic E-state index is -4.40. The third-order valence-electron chi connectivity index (χ3n) is 2.79. The van der Waals surface area contributed by atoms with Gasteiger partial charge in [0.15, 0.2) is 0 Å². The molecule has 0 amide bonds. The first-order valence-electron chi connectivity index (χ1n) is 7.16. The van der Waals surface area contributed by atoms with Gasteiger partial charge >= 0.3 is 18.1 Å². The fourth-order valence-electron chi connectivity index (χ4n) is 1.56. The molecule has 0 unspecified atom stereocenters. The summed E-state index contributed by atoms with van der Waals surface area (Å²) in [5.74, 6) is -0.873. The Labute approximate surface area is 132 Å². The number of esters is 2. The summed E-state index contributed by atoms with van der Waals surface area (Å²) in [6.45, 7) is 3.94. The van der Waals surface area contributed by atoms with Crippen LogP contribution in [0.25, 0.3) is 0 Å². The molecule has 1 rings (SSSR count). The Morgan fingerprint density at radius 3 is 2.00 bits per heavy atom. The van der Waals surface area contributed by atoms with Crippen molar-refractivity contribution in [2.24, 2.45) is 5.92 Å². The first kappa shape index (κ1) is 19.0. The minimum Gasteiger partial charge on any atom is -0.465 e. The van der Waals surface area contributed by atoms with Gasteiger partial charge < -0.3 is 9.47 Å². The van der Waals surface area contributed by atoms with Crippen molar-refractivity contribution in [3.8, 4) is 0 Å². The predicted molar refractivity (Wildman–Crippen MR) is 76.3 cm³/mol. The normalized spacial score (nSPS) is 11.4. The van der Waals surface area contributed by atoms with E-state index in [0.717, 1.165) is 12.1 Å². The fourth-order valence-corrected chi connectivity index (χ4v) is 1.56. The molecule has 0 fully saturated rings. The molecule has 0 saturated carbocycles. The molecule has 0 aliphatic carbocycles. The third-order valence-corrected chi connectivity index (χ3v) is 2.79. The number of carbonyl (C=O) groups is 2. The predicted octanol–water partition coefficient (Wildman–Crippen LogP) is 3.73. The second-order valence-corrected chi connectivity index (χ2v) is 5.43. The number of hydrogen-bond acceptors (Lipinski definition) is 4. The summed E-state index contributed by atoms with van der Waals surface area (Å²) in [4.78, 5) is 22.8. The van der Waals surface area contributed by atoms with Crippen molar-refractivity contribution in [1.29, 1.82) is 0 Å². The maximum absolute atomic E-state index is 12.4. The number of hydrogen-bond donors (Lipinski definition) is 0. The van der Waals surface area contributed by atoms with Gasteiger partial charge in [-0.25, -0.2) is 0 Å². The topological polar surface area (TPSA) is 52.6 Å². The number of carbonyl (C=O) groups excluding carboxylic acids is 2. The number of alkyl halides is 3. The largest absolute Gasteiger partial charge is 0.465 e. The van der Waals surface area contributed by atoms with Crippen molar-refractivity contribution in [2.75, 3.05) is 6.61 Å². The summed E-state index contributed by atoms with van der Waals surface area (Å²) >= 11 is 0. The summed E-state index contributed by atoms with van der Waals surface area (Å²) < 4.78 is 47.0. The lowest BCUT2D eigenvalue weighted by atomic mass is 10.1. The van der Waals surface area contributed by atoms with Crippen LogP contribution in [0.2, 0.25) is 0 Å². The molecule has 0 N–H and O–H groups in total. The molecule has 0 atom stereocenters. The second-order valence-electron chi connectivity index (χ2n) is 5.43. The number of ether oxygens (including phenoxy) is 2. The van der Waals surface area contributed by atoms with E-state index < -0.39 is 23.7 Å². The highest BCUT2D eigenvalue weighted by Crippen LogP contribution is 2.29. The number of rotatable bonds is 7. The molecule has 23 heavy (non-hydrogen) atoms. The average molecular weight is 332 g/mol. The summed E-state index contributed by atoms with van der Waals surface area (Å²) in [6.07, 6.45) is -4.61. The van der Waals surface area contributed by atoms with Gasteiger partial charge in [0.1, 0.15) is 6.61 Å². The fraction of sp³-hybridized carbons (Fsp3) is 0.500. The molecule has 0 radical (unpaired) electrons. The average Bonchev–Trinajstić information content (AvgIpc) is 2.48. The van der Waals surface area contributed by atoms with Crippen molar-refractivity contribution in [1.82, 2.24) is 0 Å². The van der Waals surface area contributed by atoms with E-state index in [1.54, 1.807) is 0 Å². The van der Waals surface area contributed by atoms with E-state index in [0.29, 0.717) is 12.2 Å². The van der Waals surface area contributed by atoms with Crippen LogP contribution < -0.4 is 0 Å². The molecule has 0 spiro atoms. The first-order valence-corrected chi connectivity index (χ1v) is 7.16. The van der Waals surface area contributed by atoms with Gasteiger partial charge in [0.05, 0.1) is 25.0 Å². The van der Waals surface area contributed by atoms with Gasteiger partial charge in [-0.05, 0) is 23.6 Å². The molecule has 1 aromatic carbocycles. The summed E-state index contributed by atoms with van der Waals surface area (Å²) in [5.41, 5.74) is -0.325. The summed E-state index contributed by atoms with van der Waals surface area (Å²) in [5, 5.41) is 0. The number of halogens is 3. The lowest BCUT2D eigenvalue weighted by Gasteiger charge is -2.09. The van der Waals surface area contributed by atoms with Crippen LogP contribution in [0.5, 0.6) is 0 Å². The van der Waals surface area contributed by atoms with Gasteiger partial charge in [0.25, 0.3) is 0 Å². The lowest BCUT2D eigenvalue weighted by Crippen LogP contribution is -2.13. The Bertz CT molecular complexity index is 521. The van der Waals surface area contributed by atoms with Gasteiger partial charge in [0, 0.05) is 0 Å². The maximum atomic E-state index is 12.4. The zero-order valence-corrected chi connectivity index (χ0v) is 13.0. The molecule has 0 heterocycles. The Balaban J connectivity index is 2.32. The SMILES string of the molecule is CC(C)COC(=O)CCC(=O)OCc1ccc(C(F)(F)F)cc1. The number of benzene rings is 1. The van der Waals surface area contributed by atoms with Crippen molar-refractivity contribution in [2.45, 2.75) is 39.5 Å². The van der Waals surface area contributed by atoms with E-state index in [1.165, 1.54) is 12.1 Å². The first-order chi connectivity index (χ1) is 10.7. The molecule has 128 valence electrons. The van der Waals surface area contributed by atoms with Crippen molar-refractivity contribution in [3.63, 3.8) is 0 Å². The molecule has 7 heteroatoms. The van der Waals surface area contributed by atoms with Crippen LogP contribution in [0.4, 0.5) is 13.2 Å². The zero-order valence-electron chi connectivity index (χ0n) is 13.0. The van der Waals surface area contributed by atoms with Gasteiger partial charge in [0.2, 0.25) is 0 Å². The molecule has 0 aliphatic heterocycles. The van der Waals surface area contributed by atoms with Crippen LogP contribution in [0.1, 0.15) is 37.8 Å². The van der Waals surface area contributed by atoms with Crippen LogP contribution in [0.3, 0.4) is 0 Å².